The van der Waals surface area contributed by atoms with E-state index in [-0.39, 0.29) is 11.6 Å². The van der Waals surface area contributed by atoms with Crippen LogP contribution in [0.3, 0.4) is 0 Å². The fourth-order valence-corrected chi connectivity index (χ4v) is 2.51. The third-order valence-corrected chi connectivity index (χ3v) is 4.24. The number of benzene rings is 2. The highest BCUT2D eigenvalue weighted by Gasteiger charge is 2.18. The molecule has 0 aliphatic heterocycles. The minimum Gasteiger partial charge on any atom is -0.457 e. The van der Waals surface area contributed by atoms with Crippen molar-refractivity contribution in [2.75, 3.05) is 19.4 Å². The minimum atomic E-state index is -1.13. The summed E-state index contributed by atoms with van der Waals surface area (Å²) < 4.78 is 45.1. The van der Waals surface area contributed by atoms with Gasteiger partial charge < -0.3 is 15.0 Å². The van der Waals surface area contributed by atoms with Gasteiger partial charge in [-0.05, 0) is 24.6 Å². The molecule has 27 heavy (non-hydrogen) atoms. The Morgan fingerprint density at radius 2 is 1.85 bits per heavy atom. The maximum atomic E-state index is 13.6. The summed E-state index contributed by atoms with van der Waals surface area (Å²) in [7, 11) is 3.29. The first-order valence-electron chi connectivity index (χ1n) is 8.08. The SMILES string of the molecule is CNc1cc(C(=O)OCc2c(F)cc(F)cc2F)ccc1C(C)N(C)C=O. The highest BCUT2D eigenvalue weighted by molar-refractivity contribution is 5.91. The largest absolute Gasteiger partial charge is 0.457 e. The van der Waals surface area contributed by atoms with E-state index < -0.39 is 35.6 Å². The Balaban J connectivity index is 2.19. The van der Waals surface area contributed by atoms with Crippen molar-refractivity contribution in [2.24, 2.45) is 0 Å². The Morgan fingerprint density at radius 3 is 2.41 bits per heavy atom. The van der Waals surface area contributed by atoms with E-state index in [2.05, 4.69) is 5.32 Å². The highest BCUT2D eigenvalue weighted by atomic mass is 19.1. The van der Waals surface area contributed by atoms with E-state index in [0.717, 1.165) is 5.56 Å². The van der Waals surface area contributed by atoms with Gasteiger partial charge >= 0.3 is 5.97 Å². The van der Waals surface area contributed by atoms with Crippen LogP contribution in [-0.2, 0) is 16.1 Å². The molecule has 0 spiro atoms. The molecule has 2 aromatic carbocycles. The van der Waals surface area contributed by atoms with Crippen LogP contribution in [-0.4, -0.2) is 31.4 Å². The van der Waals surface area contributed by atoms with Crippen molar-refractivity contribution < 1.29 is 27.5 Å². The first-order chi connectivity index (χ1) is 12.8. The van der Waals surface area contributed by atoms with E-state index >= 15 is 0 Å². The number of carbonyl (C=O) groups is 2. The summed E-state index contributed by atoms with van der Waals surface area (Å²) in [5.41, 5.74) is 1.01. The van der Waals surface area contributed by atoms with Crippen molar-refractivity contribution in [3.63, 3.8) is 0 Å². The second kappa shape index (κ2) is 8.57. The molecule has 0 aliphatic rings. The number of anilines is 1. The average molecular weight is 380 g/mol. The normalized spacial score (nSPS) is 11.6. The van der Waals surface area contributed by atoms with Crippen LogP contribution in [0.4, 0.5) is 18.9 Å². The average Bonchev–Trinajstić information content (AvgIpc) is 2.65. The number of halogens is 3. The molecule has 0 radical (unpaired) electrons. The lowest BCUT2D eigenvalue weighted by atomic mass is 10.0. The van der Waals surface area contributed by atoms with E-state index in [1.54, 1.807) is 20.2 Å². The van der Waals surface area contributed by atoms with E-state index in [1.807, 2.05) is 6.92 Å². The number of carbonyl (C=O) groups excluding carboxylic acids is 2. The Kier molecular flexibility index (Phi) is 6.44. The zero-order valence-corrected chi connectivity index (χ0v) is 15.1. The molecule has 2 aromatic rings. The number of amides is 1. The lowest BCUT2D eigenvalue weighted by Crippen LogP contribution is -2.21. The second-order valence-electron chi connectivity index (χ2n) is 5.92. The van der Waals surface area contributed by atoms with Gasteiger partial charge in [0.25, 0.3) is 0 Å². The molecule has 8 heteroatoms. The number of esters is 1. The molecule has 144 valence electrons. The van der Waals surface area contributed by atoms with Gasteiger partial charge in [-0.1, -0.05) is 6.07 Å². The van der Waals surface area contributed by atoms with Crippen molar-refractivity contribution in [1.29, 1.82) is 0 Å². The van der Waals surface area contributed by atoms with Gasteiger partial charge in [0.2, 0.25) is 6.41 Å². The van der Waals surface area contributed by atoms with Gasteiger partial charge in [0.1, 0.15) is 24.1 Å². The van der Waals surface area contributed by atoms with E-state index in [1.165, 1.54) is 17.0 Å². The predicted octanol–water partition coefficient (Wildman–Crippen LogP) is 3.65. The zero-order valence-electron chi connectivity index (χ0n) is 15.1. The monoisotopic (exact) mass is 380 g/mol. The van der Waals surface area contributed by atoms with E-state index in [0.29, 0.717) is 24.2 Å². The summed E-state index contributed by atoms with van der Waals surface area (Å²) in [6, 6.07) is 5.47. The molecular formula is C19H19F3N2O3. The standard InChI is InChI=1S/C19H19F3N2O3/c1-11(24(3)10-25)14-5-4-12(6-18(14)23-2)19(26)27-9-15-16(21)7-13(20)8-17(15)22/h4-8,10-11,23H,9H2,1-3H3. The van der Waals surface area contributed by atoms with Gasteiger partial charge in [-0.25, -0.2) is 18.0 Å². The molecule has 0 fully saturated rings. The molecule has 1 atom stereocenters. The fraction of sp³-hybridized carbons (Fsp3) is 0.263. The molecule has 0 aromatic heterocycles. The van der Waals surface area contributed by atoms with Crippen LogP contribution in [0.2, 0.25) is 0 Å². The number of rotatable bonds is 7. The summed E-state index contributed by atoms with van der Waals surface area (Å²) in [6.45, 7) is 1.15. The summed E-state index contributed by atoms with van der Waals surface area (Å²) in [6.07, 6.45) is 0.693. The van der Waals surface area contributed by atoms with Crippen LogP contribution in [0.1, 0.15) is 34.5 Å². The first kappa shape index (κ1) is 20.3. The Morgan fingerprint density at radius 1 is 1.22 bits per heavy atom. The number of hydrogen-bond acceptors (Lipinski definition) is 4. The number of nitrogens with one attached hydrogen (secondary N) is 1. The smallest absolute Gasteiger partial charge is 0.338 e. The lowest BCUT2D eigenvalue weighted by Gasteiger charge is -2.23. The van der Waals surface area contributed by atoms with Crippen molar-refractivity contribution in [2.45, 2.75) is 19.6 Å². The molecule has 5 nitrogen and oxygen atoms in total. The van der Waals surface area contributed by atoms with Crippen LogP contribution < -0.4 is 5.32 Å². The number of hydrogen-bond donors (Lipinski definition) is 1. The summed E-state index contributed by atoms with van der Waals surface area (Å²) in [5, 5.41) is 2.94. The van der Waals surface area contributed by atoms with Gasteiger partial charge in [0.15, 0.2) is 0 Å². The van der Waals surface area contributed by atoms with Crippen LogP contribution >= 0.6 is 0 Å². The van der Waals surface area contributed by atoms with E-state index in [4.69, 9.17) is 4.74 Å². The molecular weight excluding hydrogens is 361 g/mol. The number of ether oxygens (including phenoxy) is 1. The van der Waals surface area contributed by atoms with Gasteiger partial charge in [-0.3, -0.25) is 4.79 Å². The van der Waals surface area contributed by atoms with Crippen molar-refractivity contribution in [1.82, 2.24) is 4.90 Å². The third kappa shape index (κ3) is 4.58. The third-order valence-electron chi connectivity index (χ3n) is 4.24. The molecule has 0 heterocycles. The molecule has 1 N–H and O–H groups in total. The fourth-order valence-electron chi connectivity index (χ4n) is 2.51. The molecule has 1 amide bonds. The Labute approximate surface area is 154 Å². The summed E-state index contributed by atoms with van der Waals surface area (Å²) >= 11 is 0. The molecule has 0 saturated heterocycles. The Hall–Kier alpha value is -3.03. The van der Waals surface area contributed by atoms with Crippen LogP contribution in [0.25, 0.3) is 0 Å². The topological polar surface area (TPSA) is 58.6 Å². The lowest BCUT2D eigenvalue weighted by molar-refractivity contribution is -0.118. The first-order valence-corrected chi connectivity index (χ1v) is 8.08. The quantitative estimate of drug-likeness (QED) is 0.588. The summed E-state index contributed by atoms with van der Waals surface area (Å²) in [4.78, 5) is 24.6. The molecule has 0 saturated carbocycles. The minimum absolute atomic E-state index is 0.159. The van der Waals surface area contributed by atoms with E-state index in [9.17, 15) is 22.8 Å². The van der Waals surface area contributed by atoms with Gasteiger partial charge in [0, 0.05) is 31.9 Å². The highest BCUT2D eigenvalue weighted by Crippen LogP contribution is 2.27. The summed E-state index contributed by atoms with van der Waals surface area (Å²) in [5.74, 6) is -4.10. The van der Waals surface area contributed by atoms with Gasteiger partial charge in [0.05, 0.1) is 17.2 Å². The molecule has 1 unspecified atom stereocenters. The zero-order chi connectivity index (χ0) is 20.1. The van der Waals surface area contributed by atoms with Gasteiger partial charge in [-0.2, -0.15) is 0 Å². The van der Waals surface area contributed by atoms with Crippen molar-refractivity contribution >= 4 is 18.1 Å². The van der Waals surface area contributed by atoms with Crippen LogP contribution in [0, 0.1) is 17.5 Å². The molecule has 0 aliphatic carbocycles. The van der Waals surface area contributed by atoms with Crippen LogP contribution in [0.5, 0.6) is 0 Å². The second-order valence-corrected chi connectivity index (χ2v) is 5.92. The Bertz CT molecular complexity index is 835. The predicted molar refractivity (Wildman–Crippen MR) is 93.7 cm³/mol. The maximum Gasteiger partial charge on any atom is 0.338 e. The molecule has 2 rings (SSSR count). The maximum absolute atomic E-state index is 13.6. The van der Waals surface area contributed by atoms with Crippen LogP contribution in [0.15, 0.2) is 30.3 Å². The van der Waals surface area contributed by atoms with Crippen molar-refractivity contribution in [3.8, 4) is 0 Å². The number of nitrogens with zero attached hydrogens (tertiary/aromatic N) is 1. The van der Waals surface area contributed by atoms with Gasteiger partial charge in [-0.15, -0.1) is 0 Å². The van der Waals surface area contributed by atoms with Crippen molar-refractivity contribution in [3.05, 3.63) is 64.5 Å². The molecule has 0 bridgehead atoms.